The van der Waals surface area contributed by atoms with Crippen molar-refractivity contribution >= 4 is 7.60 Å². The molecule has 0 heterocycles. The minimum atomic E-state index is -3.93. The zero-order valence-corrected chi connectivity index (χ0v) is 23.8. The fourth-order valence-electron chi connectivity index (χ4n) is 4.04. The van der Waals surface area contributed by atoms with Crippen molar-refractivity contribution in [3.8, 4) is 0 Å². The van der Waals surface area contributed by atoms with Gasteiger partial charge in [-0.2, -0.15) is 0 Å². The molecule has 1 unspecified atom stereocenters. The van der Waals surface area contributed by atoms with Crippen molar-refractivity contribution in [2.45, 2.75) is 154 Å². The molecule has 0 aromatic carbocycles. The molecule has 0 fully saturated rings. The molecular weight excluding hydrogens is 511 g/mol. The zero-order chi connectivity index (χ0) is 20.9. The van der Waals surface area contributed by atoms with Crippen molar-refractivity contribution in [2.24, 2.45) is 0 Å². The monoisotopic (exact) mass is 560 g/mol. The maximum Gasteiger partial charge on any atom is 0.328 e. The Bertz CT molecular complexity index is 360. The van der Waals surface area contributed by atoms with Gasteiger partial charge in [-0.05, 0) is 12.8 Å². The summed E-state index contributed by atoms with van der Waals surface area (Å²) in [7, 11) is -3.93. The summed E-state index contributed by atoms with van der Waals surface area (Å²) in [6.07, 6.45) is 25.4. The van der Waals surface area contributed by atoms with Crippen LogP contribution in [0.2, 0.25) is 0 Å². The second-order valence-electron chi connectivity index (χ2n) is 8.83. The van der Waals surface area contributed by atoms with Crippen LogP contribution in [0.3, 0.4) is 0 Å². The smallest absolute Gasteiger partial charge is 0.324 e. The summed E-state index contributed by atoms with van der Waals surface area (Å²) in [4.78, 5) is 19.3. The van der Waals surface area contributed by atoms with Crippen LogP contribution in [0.15, 0.2) is 0 Å². The summed E-state index contributed by atoms with van der Waals surface area (Å²) in [6, 6.07) is 0. The molecule has 0 saturated heterocycles. The Labute approximate surface area is 215 Å². The molecule has 0 aromatic heterocycles. The van der Waals surface area contributed by atoms with Crippen molar-refractivity contribution in [1.29, 1.82) is 0 Å². The standard InChI is InChI=1S/C24H51O3P.Nd/c1-3-5-7-9-11-13-15-17-19-21-23-24(28(25,26)27)22-20-18-16-14-12-10-8-6-4-2;/h24H,3-23H2,1-2H3,(H2,25,26,27);. The fourth-order valence-corrected chi connectivity index (χ4v) is 5.08. The van der Waals surface area contributed by atoms with Crippen LogP contribution in [0, 0.1) is 40.8 Å². The Morgan fingerprint density at radius 1 is 0.517 bits per heavy atom. The van der Waals surface area contributed by atoms with E-state index in [1.807, 2.05) is 0 Å². The summed E-state index contributed by atoms with van der Waals surface area (Å²) >= 11 is 0. The van der Waals surface area contributed by atoms with E-state index >= 15 is 0 Å². The molecule has 0 spiro atoms. The van der Waals surface area contributed by atoms with Crippen LogP contribution in [0.5, 0.6) is 0 Å². The van der Waals surface area contributed by atoms with E-state index in [0.717, 1.165) is 25.7 Å². The number of hydrogen-bond donors (Lipinski definition) is 2. The van der Waals surface area contributed by atoms with E-state index in [2.05, 4.69) is 13.8 Å². The van der Waals surface area contributed by atoms with Gasteiger partial charge < -0.3 is 9.79 Å². The molecule has 0 aliphatic rings. The molecule has 29 heavy (non-hydrogen) atoms. The van der Waals surface area contributed by atoms with E-state index in [1.54, 1.807) is 0 Å². The predicted octanol–water partition coefficient (Wildman–Crippen LogP) is 8.76. The Hall–Kier alpha value is 1.50. The van der Waals surface area contributed by atoms with Gasteiger partial charge in [0.1, 0.15) is 0 Å². The molecule has 0 rings (SSSR count). The van der Waals surface area contributed by atoms with E-state index in [1.165, 1.54) is 96.3 Å². The molecule has 2 N–H and O–H groups in total. The van der Waals surface area contributed by atoms with Gasteiger partial charge >= 0.3 is 7.60 Å². The molecule has 0 radical (unpaired) electrons. The third-order valence-corrected chi connectivity index (χ3v) is 7.48. The average molecular weight is 563 g/mol. The molecule has 5 heteroatoms. The summed E-state index contributed by atoms with van der Waals surface area (Å²) in [5, 5.41) is 0. The van der Waals surface area contributed by atoms with Crippen LogP contribution >= 0.6 is 7.60 Å². The molecule has 1 atom stereocenters. The van der Waals surface area contributed by atoms with Gasteiger partial charge in [0.15, 0.2) is 0 Å². The van der Waals surface area contributed by atoms with E-state index in [4.69, 9.17) is 0 Å². The van der Waals surface area contributed by atoms with Gasteiger partial charge in [0, 0.05) is 40.8 Å². The molecule has 0 amide bonds. The van der Waals surface area contributed by atoms with Crippen molar-refractivity contribution in [1.82, 2.24) is 0 Å². The summed E-state index contributed by atoms with van der Waals surface area (Å²) in [5.41, 5.74) is -0.397. The zero-order valence-electron chi connectivity index (χ0n) is 19.7. The van der Waals surface area contributed by atoms with E-state index in [9.17, 15) is 14.4 Å². The number of unbranched alkanes of at least 4 members (excludes halogenated alkanes) is 17. The van der Waals surface area contributed by atoms with E-state index in [-0.39, 0.29) is 40.8 Å². The van der Waals surface area contributed by atoms with Crippen LogP contribution < -0.4 is 0 Å². The molecule has 174 valence electrons. The Balaban J connectivity index is 0. The van der Waals surface area contributed by atoms with Gasteiger partial charge in [0.05, 0.1) is 5.66 Å². The Morgan fingerprint density at radius 2 is 0.759 bits per heavy atom. The van der Waals surface area contributed by atoms with Crippen molar-refractivity contribution in [3.63, 3.8) is 0 Å². The molecule has 0 bridgehead atoms. The van der Waals surface area contributed by atoms with Gasteiger partial charge in [0.2, 0.25) is 0 Å². The maximum absolute atomic E-state index is 11.8. The summed E-state index contributed by atoms with van der Waals surface area (Å²) in [6.45, 7) is 4.49. The van der Waals surface area contributed by atoms with Crippen LogP contribution in [0.4, 0.5) is 0 Å². The molecular formula is C24H51NdO3P. The van der Waals surface area contributed by atoms with Crippen LogP contribution in [-0.2, 0) is 4.57 Å². The minimum Gasteiger partial charge on any atom is -0.324 e. The first-order chi connectivity index (χ1) is 13.5. The first-order valence-corrected chi connectivity index (χ1v) is 14.3. The Kier molecular flexibility index (Phi) is 27.2. The van der Waals surface area contributed by atoms with Crippen LogP contribution in [0.25, 0.3) is 0 Å². The predicted molar refractivity (Wildman–Crippen MR) is 124 cm³/mol. The second kappa shape index (κ2) is 24.1. The van der Waals surface area contributed by atoms with Gasteiger partial charge in [-0.1, -0.05) is 136 Å². The van der Waals surface area contributed by atoms with Crippen LogP contribution in [0.1, 0.15) is 149 Å². The molecule has 0 aliphatic heterocycles. The molecule has 3 nitrogen and oxygen atoms in total. The summed E-state index contributed by atoms with van der Waals surface area (Å²) in [5.74, 6) is 0. The van der Waals surface area contributed by atoms with Gasteiger partial charge in [0.25, 0.3) is 0 Å². The third kappa shape index (κ3) is 24.0. The van der Waals surface area contributed by atoms with Crippen molar-refractivity contribution in [3.05, 3.63) is 0 Å². The van der Waals surface area contributed by atoms with Crippen LogP contribution in [-0.4, -0.2) is 15.4 Å². The van der Waals surface area contributed by atoms with E-state index < -0.39 is 13.3 Å². The number of hydrogen-bond acceptors (Lipinski definition) is 1. The molecule has 0 saturated carbocycles. The topological polar surface area (TPSA) is 57.5 Å². The molecule has 0 aliphatic carbocycles. The first kappa shape index (κ1) is 32.7. The molecule has 0 aromatic rings. The normalized spacial score (nSPS) is 12.7. The fraction of sp³-hybridized carbons (Fsp3) is 1.00. The Morgan fingerprint density at radius 3 is 1.00 bits per heavy atom. The second-order valence-corrected chi connectivity index (χ2v) is 10.7. The third-order valence-electron chi connectivity index (χ3n) is 6.01. The number of rotatable bonds is 22. The SMILES string of the molecule is CCCCCCCCCCCCC(CCCCCCCCCCC)P(=O)(O)O.[Nd]. The maximum atomic E-state index is 11.8. The minimum absolute atomic E-state index is 0. The van der Waals surface area contributed by atoms with Gasteiger partial charge in [-0.3, -0.25) is 4.57 Å². The summed E-state index contributed by atoms with van der Waals surface area (Å²) < 4.78 is 11.8. The van der Waals surface area contributed by atoms with Crippen molar-refractivity contribution in [2.75, 3.05) is 0 Å². The largest absolute Gasteiger partial charge is 0.328 e. The van der Waals surface area contributed by atoms with E-state index in [0.29, 0.717) is 12.8 Å². The van der Waals surface area contributed by atoms with Gasteiger partial charge in [-0.15, -0.1) is 0 Å². The van der Waals surface area contributed by atoms with Gasteiger partial charge in [-0.25, -0.2) is 0 Å². The first-order valence-electron chi connectivity index (χ1n) is 12.6. The average Bonchev–Trinajstić information content (AvgIpc) is 2.65. The van der Waals surface area contributed by atoms with Crippen molar-refractivity contribution < 1.29 is 55.2 Å². The quantitative estimate of drug-likeness (QED) is 0.102.